The van der Waals surface area contributed by atoms with Gasteiger partial charge in [0.2, 0.25) is 0 Å². The predicted octanol–water partition coefficient (Wildman–Crippen LogP) is 7.42. The maximum absolute atomic E-state index is 14.7. The van der Waals surface area contributed by atoms with Gasteiger partial charge in [-0.15, -0.1) is 11.3 Å². The van der Waals surface area contributed by atoms with Crippen LogP contribution in [0.1, 0.15) is 71.9 Å². The van der Waals surface area contributed by atoms with Crippen molar-refractivity contribution in [3.05, 3.63) is 92.9 Å². The molecule has 7 heteroatoms. The molecule has 0 spiro atoms. The van der Waals surface area contributed by atoms with Crippen LogP contribution in [0, 0.1) is 0 Å². The number of hydrogen-bond donors (Lipinski definition) is 1. The SMILES string of the molecule is CCc1cc2c(cc3n2C[C@](C(=O)NC2CCCCCC2)(c2ccccc2)N(Cc2ccccc2Br)C3=O)s1. The van der Waals surface area contributed by atoms with Crippen molar-refractivity contribution in [2.45, 2.75) is 76.5 Å². The minimum Gasteiger partial charge on any atom is -0.351 e. The van der Waals surface area contributed by atoms with Gasteiger partial charge in [0.1, 0.15) is 5.69 Å². The third-order valence-electron chi connectivity index (χ3n) is 8.40. The van der Waals surface area contributed by atoms with Crippen LogP contribution in [0.2, 0.25) is 0 Å². The molecule has 0 unspecified atom stereocenters. The van der Waals surface area contributed by atoms with Crippen LogP contribution in [0.4, 0.5) is 0 Å². The summed E-state index contributed by atoms with van der Waals surface area (Å²) >= 11 is 5.43. The molecule has 0 bridgehead atoms. The summed E-state index contributed by atoms with van der Waals surface area (Å²) in [6.45, 7) is 2.86. The van der Waals surface area contributed by atoms with Crippen molar-refractivity contribution in [1.82, 2.24) is 14.8 Å². The Balaban J connectivity index is 1.53. The van der Waals surface area contributed by atoms with E-state index in [0.29, 0.717) is 18.8 Å². The van der Waals surface area contributed by atoms with Crippen molar-refractivity contribution in [1.29, 1.82) is 0 Å². The molecule has 6 rings (SSSR count). The highest BCUT2D eigenvalue weighted by Crippen LogP contribution is 2.42. The number of nitrogens with zero attached hydrogens (tertiary/aromatic N) is 2. The number of amides is 2. The van der Waals surface area contributed by atoms with Gasteiger partial charge in [-0.05, 0) is 48.6 Å². The Bertz CT molecular complexity index is 1500. The molecule has 3 heterocycles. The summed E-state index contributed by atoms with van der Waals surface area (Å²) in [4.78, 5) is 32.4. The highest BCUT2D eigenvalue weighted by Gasteiger charge is 2.53. The summed E-state index contributed by atoms with van der Waals surface area (Å²) in [5.74, 6) is -0.197. The first-order valence-corrected chi connectivity index (χ1v) is 15.7. The third-order valence-corrected chi connectivity index (χ3v) is 10.4. The second kappa shape index (κ2) is 10.9. The zero-order valence-corrected chi connectivity index (χ0v) is 24.7. The fourth-order valence-corrected chi connectivity index (χ4v) is 7.71. The van der Waals surface area contributed by atoms with Crippen molar-refractivity contribution in [2.75, 3.05) is 0 Å². The van der Waals surface area contributed by atoms with Crippen molar-refractivity contribution < 1.29 is 9.59 Å². The molecule has 1 saturated carbocycles. The lowest BCUT2D eigenvalue weighted by Gasteiger charge is -2.47. The third kappa shape index (κ3) is 4.74. The number of aryl methyl sites for hydroxylation is 1. The van der Waals surface area contributed by atoms with Crippen LogP contribution in [-0.4, -0.2) is 27.3 Å². The van der Waals surface area contributed by atoms with Crippen LogP contribution in [0.25, 0.3) is 10.2 Å². The molecule has 1 aliphatic heterocycles. The molecule has 4 aromatic rings. The van der Waals surface area contributed by atoms with Crippen molar-refractivity contribution in [3.8, 4) is 0 Å². The molecule has 202 valence electrons. The van der Waals surface area contributed by atoms with Crippen molar-refractivity contribution in [3.63, 3.8) is 0 Å². The fraction of sp³-hybridized carbons (Fsp3) is 0.375. The number of halogens is 1. The first-order valence-electron chi connectivity index (χ1n) is 14.0. The average molecular weight is 605 g/mol. The summed E-state index contributed by atoms with van der Waals surface area (Å²) < 4.78 is 4.13. The van der Waals surface area contributed by atoms with E-state index in [1.54, 1.807) is 11.3 Å². The molecular formula is C32H34BrN3O2S. The van der Waals surface area contributed by atoms with Gasteiger partial charge in [0.05, 0.1) is 16.8 Å². The number of carbonyl (C=O) groups excluding carboxylic acids is 2. The first kappa shape index (κ1) is 26.3. The van der Waals surface area contributed by atoms with Crippen LogP contribution in [0.3, 0.4) is 0 Å². The first-order chi connectivity index (χ1) is 19.0. The highest BCUT2D eigenvalue weighted by atomic mass is 79.9. The molecule has 1 aliphatic carbocycles. The van der Waals surface area contributed by atoms with E-state index in [1.807, 2.05) is 65.6 Å². The maximum atomic E-state index is 14.7. The van der Waals surface area contributed by atoms with Crippen LogP contribution in [-0.2, 0) is 29.8 Å². The molecule has 2 aromatic heterocycles. The Morgan fingerprint density at radius 1 is 1.03 bits per heavy atom. The lowest BCUT2D eigenvalue weighted by Crippen LogP contribution is -2.64. The standard InChI is InChI=1S/C32H34BrN3O2S/c1-2-25-18-27-29(39-25)19-28-30(37)36(20-22-12-10-11-17-26(22)33)32(21-35(27)28,23-13-6-5-7-14-23)31(38)34-24-15-8-3-4-9-16-24/h5-7,10-14,17-19,24H,2-4,8-9,15-16,20-21H2,1H3,(H,34,38)/t32-/m1/s1. The van der Waals surface area contributed by atoms with Crippen molar-refractivity contribution >= 4 is 49.3 Å². The number of aromatic nitrogens is 1. The van der Waals surface area contributed by atoms with Crippen LogP contribution < -0.4 is 5.32 Å². The number of hydrogen-bond acceptors (Lipinski definition) is 3. The molecule has 1 fully saturated rings. The Morgan fingerprint density at radius 3 is 2.46 bits per heavy atom. The van der Waals surface area contributed by atoms with Gasteiger partial charge >= 0.3 is 0 Å². The summed E-state index contributed by atoms with van der Waals surface area (Å²) in [6, 6.07) is 22.2. The van der Waals surface area contributed by atoms with Gasteiger partial charge in [0.15, 0.2) is 5.54 Å². The van der Waals surface area contributed by atoms with E-state index in [-0.39, 0.29) is 17.9 Å². The van der Waals surface area contributed by atoms with Crippen LogP contribution >= 0.6 is 27.3 Å². The quantitative estimate of drug-likeness (QED) is 0.233. The largest absolute Gasteiger partial charge is 0.351 e. The van der Waals surface area contributed by atoms with Gasteiger partial charge in [-0.25, -0.2) is 0 Å². The van der Waals surface area contributed by atoms with Crippen molar-refractivity contribution in [2.24, 2.45) is 0 Å². The topological polar surface area (TPSA) is 54.3 Å². The molecule has 2 aliphatic rings. The Kier molecular flexibility index (Phi) is 7.38. The lowest BCUT2D eigenvalue weighted by molar-refractivity contribution is -0.136. The van der Waals surface area contributed by atoms with E-state index in [0.717, 1.165) is 57.9 Å². The monoisotopic (exact) mass is 603 g/mol. The van der Waals surface area contributed by atoms with Gasteiger partial charge in [-0.1, -0.05) is 97.1 Å². The Labute approximate surface area is 242 Å². The van der Waals surface area contributed by atoms with E-state index in [9.17, 15) is 9.59 Å². The fourth-order valence-electron chi connectivity index (χ4n) is 6.26. The summed E-state index contributed by atoms with van der Waals surface area (Å²) in [5, 5.41) is 3.45. The van der Waals surface area contributed by atoms with E-state index in [2.05, 4.69) is 38.8 Å². The van der Waals surface area contributed by atoms with E-state index < -0.39 is 5.54 Å². The molecule has 0 radical (unpaired) electrons. The number of thiophene rings is 1. The molecule has 1 atom stereocenters. The van der Waals surface area contributed by atoms with Gasteiger partial charge < -0.3 is 14.8 Å². The number of fused-ring (bicyclic) bond motifs is 3. The second-order valence-electron chi connectivity index (χ2n) is 10.8. The molecule has 0 saturated heterocycles. The number of nitrogens with one attached hydrogen (secondary N) is 1. The average Bonchev–Trinajstić information content (AvgIpc) is 3.40. The molecular weight excluding hydrogens is 570 g/mol. The minimum absolute atomic E-state index is 0.0838. The van der Waals surface area contributed by atoms with Gasteiger partial charge in [0.25, 0.3) is 11.8 Å². The normalized spacial score (nSPS) is 20.2. The zero-order valence-electron chi connectivity index (χ0n) is 22.3. The molecule has 39 heavy (non-hydrogen) atoms. The van der Waals surface area contributed by atoms with Crippen LogP contribution in [0.15, 0.2) is 71.2 Å². The zero-order chi connectivity index (χ0) is 27.0. The van der Waals surface area contributed by atoms with Gasteiger partial charge in [-0.2, -0.15) is 0 Å². The summed E-state index contributed by atoms with van der Waals surface area (Å²) in [5.41, 5.74) is 2.33. The number of carbonyl (C=O) groups is 2. The summed E-state index contributed by atoms with van der Waals surface area (Å²) in [7, 11) is 0. The number of rotatable bonds is 6. The van der Waals surface area contributed by atoms with Gasteiger partial charge in [-0.3, -0.25) is 9.59 Å². The molecule has 1 N–H and O–H groups in total. The Hall–Kier alpha value is -2.90. The van der Waals surface area contributed by atoms with Crippen LogP contribution in [0.5, 0.6) is 0 Å². The minimum atomic E-state index is -1.19. The van der Waals surface area contributed by atoms with E-state index >= 15 is 0 Å². The smallest absolute Gasteiger partial charge is 0.272 e. The predicted molar refractivity (Wildman–Crippen MR) is 161 cm³/mol. The lowest BCUT2D eigenvalue weighted by atomic mass is 9.83. The highest BCUT2D eigenvalue weighted by molar-refractivity contribution is 9.10. The Morgan fingerprint density at radius 2 is 1.74 bits per heavy atom. The second-order valence-corrected chi connectivity index (χ2v) is 12.8. The molecule has 2 amide bonds. The summed E-state index contributed by atoms with van der Waals surface area (Å²) in [6.07, 6.45) is 7.59. The van der Waals surface area contributed by atoms with E-state index in [1.165, 1.54) is 17.7 Å². The molecule has 2 aromatic carbocycles. The van der Waals surface area contributed by atoms with Gasteiger partial charge in [0, 0.05) is 21.9 Å². The number of benzene rings is 2. The maximum Gasteiger partial charge on any atom is 0.272 e. The molecule has 5 nitrogen and oxygen atoms in total. The van der Waals surface area contributed by atoms with E-state index in [4.69, 9.17) is 0 Å².